The Morgan fingerprint density at radius 2 is 2.15 bits per heavy atom. The fourth-order valence-corrected chi connectivity index (χ4v) is 1.55. The van der Waals surface area contributed by atoms with Crippen LogP contribution in [0.15, 0.2) is 54.9 Å². The highest BCUT2D eigenvalue weighted by Gasteiger charge is 1.98. The third-order valence-electron chi connectivity index (χ3n) is 2.49. The van der Waals surface area contributed by atoms with Crippen molar-refractivity contribution >= 4 is 17.9 Å². The van der Waals surface area contributed by atoms with Crippen LogP contribution >= 0.6 is 0 Å². The maximum Gasteiger partial charge on any atom is 0.324 e. The van der Waals surface area contributed by atoms with Crippen molar-refractivity contribution in [3.8, 4) is 5.75 Å². The summed E-state index contributed by atoms with van der Waals surface area (Å²) >= 11 is 0. The zero-order valence-corrected chi connectivity index (χ0v) is 11.0. The number of hydrogen-bond donors (Lipinski definition) is 2. The van der Waals surface area contributed by atoms with E-state index in [-0.39, 0.29) is 6.03 Å². The minimum atomic E-state index is -0.345. The van der Waals surface area contributed by atoms with E-state index in [0.717, 1.165) is 11.3 Å². The van der Waals surface area contributed by atoms with Crippen molar-refractivity contribution in [2.24, 2.45) is 0 Å². The Morgan fingerprint density at radius 1 is 1.25 bits per heavy atom. The number of amides is 2. The standard InChI is InChI=1S/C15H15N3O2/c1-20-13-6-4-5-12(11-13)8-10-17-15(19)18-14-7-2-3-9-16-14/h2-11H,1H3,(H2,16,17,18,19)/b10-8+. The van der Waals surface area contributed by atoms with Crippen LogP contribution in [0.2, 0.25) is 0 Å². The van der Waals surface area contributed by atoms with Crippen molar-refractivity contribution in [1.29, 1.82) is 0 Å². The van der Waals surface area contributed by atoms with Gasteiger partial charge in [-0.05, 0) is 35.9 Å². The van der Waals surface area contributed by atoms with Crippen molar-refractivity contribution in [3.05, 3.63) is 60.4 Å². The van der Waals surface area contributed by atoms with Crippen LogP contribution in [0.4, 0.5) is 10.6 Å². The molecule has 2 rings (SSSR count). The molecule has 0 saturated carbocycles. The van der Waals surface area contributed by atoms with Gasteiger partial charge in [-0.3, -0.25) is 5.32 Å². The van der Waals surface area contributed by atoms with Crippen LogP contribution in [0.3, 0.4) is 0 Å². The van der Waals surface area contributed by atoms with Gasteiger partial charge in [0.15, 0.2) is 0 Å². The predicted molar refractivity (Wildman–Crippen MR) is 78.4 cm³/mol. The quantitative estimate of drug-likeness (QED) is 0.897. The molecule has 1 heterocycles. The second-order valence-electron chi connectivity index (χ2n) is 3.92. The van der Waals surface area contributed by atoms with E-state index in [2.05, 4.69) is 15.6 Å². The molecule has 2 N–H and O–H groups in total. The fourth-order valence-electron chi connectivity index (χ4n) is 1.55. The number of urea groups is 1. The van der Waals surface area contributed by atoms with E-state index in [1.807, 2.05) is 24.3 Å². The lowest BCUT2D eigenvalue weighted by Gasteiger charge is -2.03. The van der Waals surface area contributed by atoms with Crippen LogP contribution in [0.5, 0.6) is 5.75 Å². The molecule has 5 heteroatoms. The molecule has 0 saturated heterocycles. The number of nitrogens with zero attached hydrogens (tertiary/aromatic N) is 1. The number of hydrogen-bond acceptors (Lipinski definition) is 3. The van der Waals surface area contributed by atoms with Gasteiger partial charge in [-0.15, -0.1) is 0 Å². The van der Waals surface area contributed by atoms with Gasteiger partial charge >= 0.3 is 6.03 Å². The van der Waals surface area contributed by atoms with E-state index in [4.69, 9.17) is 4.74 Å². The lowest BCUT2D eigenvalue weighted by Crippen LogP contribution is -2.24. The number of ether oxygens (including phenoxy) is 1. The number of anilines is 1. The molecule has 20 heavy (non-hydrogen) atoms. The molecule has 1 aromatic carbocycles. The van der Waals surface area contributed by atoms with Gasteiger partial charge in [0, 0.05) is 12.4 Å². The van der Waals surface area contributed by atoms with Crippen molar-refractivity contribution in [2.75, 3.05) is 12.4 Å². The van der Waals surface area contributed by atoms with E-state index in [0.29, 0.717) is 5.82 Å². The second kappa shape index (κ2) is 6.94. The summed E-state index contributed by atoms with van der Waals surface area (Å²) in [4.78, 5) is 15.6. The van der Waals surface area contributed by atoms with Crippen molar-refractivity contribution in [2.45, 2.75) is 0 Å². The van der Waals surface area contributed by atoms with Gasteiger partial charge in [-0.2, -0.15) is 0 Å². The molecule has 0 atom stereocenters. The third-order valence-corrected chi connectivity index (χ3v) is 2.49. The zero-order chi connectivity index (χ0) is 14.2. The maximum atomic E-state index is 11.6. The Morgan fingerprint density at radius 3 is 2.90 bits per heavy atom. The second-order valence-corrected chi connectivity index (χ2v) is 3.92. The Bertz CT molecular complexity index is 597. The SMILES string of the molecule is COc1cccc(/C=C/NC(=O)Nc2ccccn2)c1. The molecular formula is C15H15N3O2. The summed E-state index contributed by atoms with van der Waals surface area (Å²) in [6, 6.07) is 12.5. The van der Waals surface area contributed by atoms with Gasteiger partial charge in [-0.25, -0.2) is 9.78 Å². The van der Waals surface area contributed by atoms with Gasteiger partial charge in [0.1, 0.15) is 11.6 Å². The first-order valence-corrected chi connectivity index (χ1v) is 6.07. The van der Waals surface area contributed by atoms with Crippen LogP contribution in [0, 0.1) is 0 Å². The molecule has 0 radical (unpaired) electrons. The van der Waals surface area contributed by atoms with E-state index < -0.39 is 0 Å². The van der Waals surface area contributed by atoms with E-state index in [9.17, 15) is 4.79 Å². The van der Waals surface area contributed by atoms with Crippen molar-refractivity contribution < 1.29 is 9.53 Å². The average Bonchev–Trinajstić information content (AvgIpc) is 2.48. The number of carbonyl (C=O) groups is 1. The van der Waals surface area contributed by atoms with Crippen LogP contribution < -0.4 is 15.4 Å². The Kier molecular flexibility index (Phi) is 4.72. The summed E-state index contributed by atoms with van der Waals surface area (Å²) in [6.45, 7) is 0. The molecule has 0 spiro atoms. The average molecular weight is 269 g/mol. The minimum Gasteiger partial charge on any atom is -0.497 e. The first kappa shape index (κ1) is 13.6. The molecule has 0 aliphatic heterocycles. The van der Waals surface area contributed by atoms with E-state index in [1.165, 1.54) is 0 Å². The third kappa shape index (κ3) is 4.13. The van der Waals surface area contributed by atoms with Crippen molar-refractivity contribution in [1.82, 2.24) is 10.3 Å². The summed E-state index contributed by atoms with van der Waals surface area (Å²) in [5.74, 6) is 1.27. The lowest BCUT2D eigenvalue weighted by atomic mass is 10.2. The summed E-state index contributed by atoms with van der Waals surface area (Å²) in [6.07, 6.45) is 4.95. The monoisotopic (exact) mass is 269 g/mol. The van der Waals surface area contributed by atoms with Crippen LogP contribution in [0.1, 0.15) is 5.56 Å². The molecule has 0 bridgehead atoms. The van der Waals surface area contributed by atoms with Gasteiger partial charge in [0.2, 0.25) is 0 Å². The Hall–Kier alpha value is -2.82. The van der Waals surface area contributed by atoms with Crippen LogP contribution in [-0.4, -0.2) is 18.1 Å². The molecule has 0 aliphatic carbocycles. The minimum absolute atomic E-state index is 0.345. The first-order valence-electron chi connectivity index (χ1n) is 6.07. The number of nitrogens with one attached hydrogen (secondary N) is 2. The largest absolute Gasteiger partial charge is 0.497 e. The van der Waals surface area contributed by atoms with Gasteiger partial charge < -0.3 is 10.1 Å². The number of rotatable bonds is 4. The Labute approximate surface area is 117 Å². The van der Waals surface area contributed by atoms with Gasteiger partial charge in [0.05, 0.1) is 7.11 Å². The lowest BCUT2D eigenvalue weighted by molar-refractivity contribution is 0.255. The number of aromatic nitrogens is 1. The first-order chi connectivity index (χ1) is 9.78. The summed E-state index contributed by atoms with van der Waals surface area (Å²) in [5, 5.41) is 5.22. The molecule has 102 valence electrons. The molecule has 2 aromatic rings. The highest BCUT2D eigenvalue weighted by Crippen LogP contribution is 2.13. The van der Waals surface area contributed by atoms with Crippen LogP contribution in [0.25, 0.3) is 6.08 Å². The molecule has 5 nitrogen and oxygen atoms in total. The summed E-state index contributed by atoms with van der Waals surface area (Å²) < 4.78 is 5.12. The van der Waals surface area contributed by atoms with E-state index in [1.54, 1.807) is 43.8 Å². The van der Waals surface area contributed by atoms with Crippen LogP contribution in [-0.2, 0) is 0 Å². The summed E-state index contributed by atoms with van der Waals surface area (Å²) in [5.41, 5.74) is 0.933. The van der Waals surface area contributed by atoms with Crippen molar-refractivity contribution in [3.63, 3.8) is 0 Å². The molecule has 2 amide bonds. The number of carbonyl (C=O) groups excluding carboxylic acids is 1. The summed E-state index contributed by atoms with van der Waals surface area (Å²) in [7, 11) is 1.61. The normalized spacial score (nSPS) is 10.2. The fraction of sp³-hybridized carbons (Fsp3) is 0.0667. The molecule has 0 aliphatic rings. The predicted octanol–water partition coefficient (Wildman–Crippen LogP) is 2.88. The molecular weight excluding hydrogens is 254 g/mol. The molecule has 0 fully saturated rings. The molecule has 1 aromatic heterocycles. The highest BCUT2D eigenvalue weighted by atomic mass is 16.5. The Balaban J connectivity index is 1.88. The molecule has 0 unspecified atom stereocenters. The van der Waals surface area contributed by atoms with E-state index >= 15 is 0 Å². The maximum absolute atomic E-state index is 11.6. The highest BCUT2D eigenvalue weighted by molar-refractivity contribution is 5.89. The van der Waals surface area contributed by atoms with Gasteiger partial charge in [0.25, 0.3) is 0 Å². The number of benzene rings is 1. The van der Waals surface area contributed by atoms with Gasteiger partial charge in [-0.1, -0.05) is 18.2 Å². The zero-order valence-electron chi connectivity index (χ0n) is 11.0. The topological polar surface area (TPSA) is 63.2 Å². The number of pyridine rings is 1. The number of methoxy groups -OCH3 is 1. The smallest absolute Gasteiger partial charge is 0.324 e.